The molecule has 0 saturated heterocycles. The lowest BCUT2D eigenvalue weighted by molar-refractivity contribution is -0.154. The molecule has 0 rings (SSSR count). The standard InChI is InChI=1S/C77H144O17P2/c1-2-3-4-5-6-7-8-19-26-33-40-47-54-61-77(82)94-76(71-88-66-59-52-45-38-31-24-18-15-22-29-36-43-50-57-64-80)73-93-96(85,86)91-69-74(81)68-90-95(83,84)92-72-75(89-67-60-53-46-39-32-25-17-12-10-14-21-28-35-42-49-56-63-79)70-87-65-58-51-44-37-30-23-16-11-9-13-20-27-34-41-48-55-62-78/h9-10,13-15,18,62-64,74-76,81H,2-8,11-12,16-17,19-61,65-73H2,1H3,(H,83,84)(H,85,86)/b13-9-,14-10-,18-15-/t74-,75-,76-/m1/s1. The second kappa shape index (κ2) is 75.4. The first-order valence-electron chi connectivity index (χ1n) is 39.1. The second-order valence-electron chi connectivity index (χ2n) is 26.5. The van der Waals surface area contributed by atoms with Crippen molar-refractivity contribution in [2.45, 2.75) is 372 Å². The van der Waals surface area contributed by atoms with Gasteiger partial charge in [0.2, 0.25) is 0 Å². The number of hydrogen-bond donors (Lipinski definition) is 3. The zero-order valence-electron chi connectivity index (χ0n) is 60.9. The number of phosphoric acid groups is 2. The van der Waals surface area contributed by atoms with Crippen LogP contribution in [0.5, 0.6) is 0 Å². The van der Waals surface area contributed by atoms with E-state index >= 15 is 0 Å². The monoisotopic (exact) mass is 1400 g/mol. The zero-order valence-corrected chi connectivity index (χ0v) is 62.7. The summed E-state index contributed by atoms with van der Waals surface area (Å²) >= 11 is 0. The number of esters is 1. The Labute approximate surface area is 585 Å². The number of aliphatic hydroxyl groups is 1. The van der Waals surface area contributed by atoms with Crippen molar-refractivity contribution >= 4 is 40.5 Å². The molecule has 2 unspecified atom stereocenters. The van der Waals surface area contributed by atoms with Gasteiger partial charge in [-0.1, -0.05) is 242 Å². The van der Waals surface area contributed by atoms with Crippen LogP contribution in [0.2, 0.25) is 0 Å². The quantitative estimate of drug-likeness (QED) is 0.0169. The Hall–Kier alpha value is -2.24. The highest BCUT2D eigenvalue weighted by atomic mass is 31.2. The van der Waals surface area contributed by atoms with Crippen molar-refractivity contribution in [2.24, 2.45) is 0 Å². The van der Waals surface area contributed by atoms with Crippen LogP contribution < -0.4 is 0 Å². The molecule has 17 nitrogen and oxygen atoms in total. The van der Waals surface area contributed by atoms with Crippen molar-refractivity contribution in [1.82, 2.24) is 0 Å². The van der Waals surface area contributed by atoms with Gasteiger partial charge in [0, 0.05) is 45.5 Å². The number of aliphatic hydroxyl groups excluding tert-OH is 1. The van der Waals surface area contributed by atoms with E-state index in [1.807, 2.05) is 0 Å². The van der Waals surface area contributed by atoms with E-state index in [9.17, 15) is 43.2 Å². The largest absolute Gasteiger partial charge is 0.472 e. The van der Waals surface area contributed by atoms with Gasteiger partial charge in [-0.3, -0.25) is 22.9 Å². The minimum atomic E-state index is -4.82. The van der Waals surface area contributed by atoms with Gasteiger partial charge in [-0.25, -0.2) is 9.13 Å². The number of ether oxygens (including phenoxy) is 4. The summed E-state index contributed by atoms with van der Waals surface area (Å²) in [6.07, 6.45) is 71.5. The summed E-state index contributed by atoms with van der Waals surface area (Å²) in [6, 6.07) is 0. The molecule has 0 aliphatic rings. The molecule has 0 saturated carbocycles. The molecule has 0 aromatic heterocycles. The highest BCUT2D eigenvalue weighted by molar-refractivity contribution is 7.47. The van der Waals surface area contributed by atoms with Crippen LogP contribution in [0.15, 0.2) is 36.5 Å². The summed E-state index contributed by atoms with van der Waals surface area (Å²) in [6.45, 7) is 1.39. The van der Waals surface area contributed by atoms with E-state index in [0.717, 1.165) is 205 Å². The lowest BCUT2D eigenvalue weighted by Gasteiger charge is -2.21. The summed E-state index contributed by atoms with van der Waals surface area (Å²) < 4.78 is 70.6. The Morgan fingerprint density at radius 2 is 0.583 bits per heavy atom. The summed E-state index contributed by atoms with van der Waals surface area (Å²) in [4.78, 5) is 65.6. The number of unbranched alkanes of at least 4 members (excludes halogenated alkanes) is 46. The van der Waals surface area contributed by atoms with E-state index < -0.39 is 59.7 Å². The minimum absolute atomic E-state index is 0.0483. The maximum absolute atomic E-state index is 13.1. The molecule has 0 aromatic carbocycles. The molecule has 96 heavy (non-hydrogen) atoms. The Balaban J connectivity index is 5.09. The number of carbonyl (C=O) groups is 4. The van der Waals surface area contributed by atoms with Crippen LogP contribution in [-0.2, 0) is 65.4 Å². The molecule has 19 heteroatoms. The topological polar surface area (TPSA) is 237 Å². The van der Waals surface area contributed by atoms with Crippen LogP contribution in [-0.4, -0.2) is 117 Å². The predicted octanol–water partition coefficient (Wildman–Crippen LogP) is 21.3. The van der Waals surface area contributed by atoms with Gasteiger partial charge >= 0.3 is 21.6 Å². The van der Waals surface area contributed by atoms with E-state index in [0.29, 0.717) is 45.5 Å². The second-order valence-corrected chi connectivity index (χ2v) is 29.4. The van der Waals surface area contributed by atoms with Gasteiger partial charge in [-0.05, 0) is 122 Å². The normalized spacial score (nSPS) is 14.2. The van der Waals surface area contributed by atoms with Crippen LogP contribution in [0.4, 0.5) is 0 Å². The third kappa shape index (κ3) is 74.5. The fraction of sp³-hybridized carbons (Fsp3) is 0.870. The van der Waals surface area contributed by atoms with Crippen molar-refractivity contribution in [3.8, 4) is 0 Å². The van der Waals surface area contributed by atoms with Gasteiger partial charge in [0.25, 0.3) is 0 Å². The maximum Gasteiger partial charge on any atom is 0.472 e. The van der Waals surface area contributed by atoms with E-state index in [-0.39, 0.29) is 26.2 Å². The molecule has 5 atom stereocenters. The highest BCUT2D eigenvalue weighted by Gasteiger charge is 2.29. The fourth-order valence-corrected chi connectivity index (χ4v) is 12.7. The Kier molecular flexibility index (Phi) is 73.7. The predicted molar refractivity (Wildman–Crippen MR) is 391 cm³/mol. The molecule has 0 aromatic rings. The number of aldehydes is 3. The van der Waals surface area contributed by atoms with E-state index in [1.165, 1.54) is 128 Å². The Bertz CT molecular complexity index is 1870. The van der Waals surface area contributed by atoms with Gasteiger partial charge in [-0.2, -0.15) is 0 Å². The third-order valence-electron chi connectivity index (χ3n) is 17.1. The molecule has 0 amide bonds. The summed E-state index contributed by atoms with van der Waals surface area (Å²) in [5.74, 6) is -0.449. The molecular weight excluding hydrogens is 1260 g/mol. The van der Waals surface area contributed by atoms with Gasteiger partial charge in [0.05, 0.1) is 39.6 Å². The average Bonchev–Trinajstić information content (AvgIpc) is 1.60. The first-order valence-corrected chi connectivity index (χ1v) is 42.1. The van der Waals surface area contributed by atoms with Gasteiger partial charge in [-0.15, -0.1) is 0 Å². The van der Waals surface area contributed by atoms with Crippen molar-refractivity contribution in [3.05, 3.63) is 36.5 Å². The molecule has 0 aliphatic heterocycles. The van der Waals surface area contributed by atoms with Crippen LogP contribution in [0.25, 0.3) is 0 Å². The van der Waals surface area contributed by atoms with Crippen molar-refractivity contribution < 1.29 is 80.2 Å². The van der Waals surface area contributed by atoms with Gasteiger partial charge < -0.3 is 48.2 Å². The van der Waals surface area contributed by atoms with Crippen LogP contribution in [0, 0.1) is 0 Å². The minimum Gasteiger partial charge on any atom is -0.457 e. The molecular formula is C77H144O17P2. The number of carbonyl (C=O) groups excluding carboxylic acids is 4. The summed E-state index contributed by atoms with van der Waals surface area (Å²) in [5, 5.41) is 10.6. The Morgan fingerprint density at radius 1 is 0.323 bits per heavy atom. The number of hydrogen-bond acceptors (Lipinski definition) is 15. The van der Waals surface area contributed by atoms with Crippen LogP contribution in [0.1, 0.15) is 354 Å². The fourth-order valence-electron chi connectivity index (χ4n) is 11.1. The van der Waals surface area contributed by atoms with Crippen LogP contribution >= 0.6 is 15.6 Å². The number of phosphoric ester groups is 2. The summed E-state index contributed by atoms with van der Waals surface area (Å²) in [7, 11) is -9.55. The first-order chi connectivity index (χ1) is 47.0. The van der Waals surface area contributed by atoms with E-state index in [2.05, 4.69) is 43.4 Å². The number of allylic oxidation sites excluding steroid dienone is 6. The molecule has 3 N–H and O–H groups in total. The first kappa shape index (κ1) is 93.8. The molecule has 0 heterocycles. The van der Waals surface area contributed by atoms with Crippen molar-refractivity contribution in [2.75, 3.05) is 59.5 Å². The van der Waals surface area contributed by atoms with E-state index in [4.69, 9.17) is 37.0 Å². The lowest BCUT2D eigenvalue weighted by Crippen LogP contribution is -2.29. The zero-order chi connectivity index (χ0) is 69.9. The van der Waals surface area contributed by atoms with Crippen molar-refractivity contribution in [1.29, 1.82) is 0 Å². The van der Waals surface area contributed by atoms with Crippen LogP contribution in [0.3, 0.4) is 0 Å². The lowest BCUT2D eigenvalue weighted by atomic mass is 10.0. The number of rotatable bonds is 81. The van der Waals surface area contributed by atoms with Gasteiger partial charge in [0.15, 0.2) is 0 Å². The molecule has 0 aliphatic carbocycles. The Morgan fingerprint density at radius 3 is 0.917 bits per heavy atom. The highest BCUT2D eigenvalue weighted by Crippen LogP contribution is 2.45. The smallest absolute Gasteiger partial charge is 0.457 e. The average molecular weight is 1400 g/mol. The van der Waals surface area contributed by atoms with Gasteiger partial charge in [0.1, 0.15) is 37.2 Å². The molecule has 0 spiro atoms. The molecule has 564 valence electrons. The molecule has 0 bridgehead atoms. The molecule has 0 radical (unpaired) electrons. The summed E-state index contributed by atoms with van der Waals surface area (Å²) in [5.41, 5.74) is 0. The van der Waals surface area contributed by atoms with E-state index in [1.54, 1.807) is 0 Å². The molecule has 0 fully saturated rings. The maximum atomic E-state index is 13.1. The third-order valence-corrected chi connectivity index (χ3v) is 19.0. The van der Waals surface area contributed by atoms with Crippen molar-refractivity contribution in [3.63, 3.8) is 0 Å². The SMILES string of the molecule is CCCCCCCCCCCCCCCC(=O)O[C@H](COCCCCCCC/C=C\CCCCCCC=O)COP(=O)(O)OC[C@H](O)COP(=O)(O)OC[C@@H](COCCCCCCCCC/C=C\CCCCCCC=O)OCCCCCCCCC/C=C\CCCCCCC=O.